The van der Waals surface area contributed by atoms with Crippen LogP contribution in [0.1, 0.15) is 67.3 Å². The first-order chi connectivity index (χ1) is 25.4. The summed E-state index contributed by atoms with van der Waals surface area (Å²) >= 11 is 0. The molecule has 0 spiro atoms. The van der Waals surface area contributed by atoms with Crippen LogP contribution < -0.4 is 10.1 Å². The Bertz CT molecular complexity index is 1830. The fraction of sp³-hybridized carbons (Fsp3) is 0.357. The summed E-state index contributed by atoms with van der Waals surface area (Å²) in [6.45, 7) is 4.36. The smallest absolute Gasteiger partial charge is 0.416 e. The van der Waals surface area contributed by atoms with Gasteiger partial charge in [0.15, 0.2) is 0 Å². The number of unbranched alkanes of at least 4 members (excludes halogenated alkanes) is 1. The summed E-state index contributed by atoms with van der Waals surface area (Å²) in [5.41, 5.74) is 4.02. The van der Waals surface area contributed by atoms with E-state index in [1.807, 2.05) is 61.5 Å². The number of fused-ring (bicyclic) bond motifs is 1. The Hall–Kier alpha value is -5.32. The number of rotatable bonds is 15. The van der Waals surface area contributed by atoms with Crippen molar-refractivity contribution in [2.45, 2.75) is 83.8 Å². The molecule has 1 aliphatic heterocycles. The van der Waals surface area contributed by atoms with Gasteiger partial charge >= 0.3 is 18.2 Å². The van der Waals surface area contributed by atoms with Crippen LogP contribution in [0.3, 0.4) is 0 Å². The van der Waals surface area contributed by atoms with Crippen molar-refractivity contribution in [2.24, 2.45) is 5.92 Å². The SMILES string of the molecule is CCCCC(CC)COC(=O)N1Cc2cc(OCc3ccc(C(F)(F)F)cc3)ccc2C[C@H]1C(=O)N[C@@H](Cc1ccc(-c2ccccc2)cc1)C(=O)O. The van der Waals surface area contributed by atoms with E-state index in [9.17, 15) is 32.7 Å². The zero-order valence-corrected chi connectivity index (χ0v) is 29.9. The third-order valence-electron chi connectivity index (χ3n) is 9.63. The normalized spacial score (nSPS) is 15.2. The number of nitrogens with zero attached hydrogens (tertiary/aromatic N) is 1. The molecule has 53 heavy (non-hydrogen) atoms. The van der Waals surface area contributed by atoms with Crippen molar-refractivity contribution in [3.05, 3.63) is 125 Å². The van der Waals surface area contributed by atoms with Crippen LogP contribution in [0.4, 0.5) is 18.0 Å². The number of amides is 2. The minimum Gasteiger partial charge on any atom is -0.489 e. The number of benzene rings is 4. The highest BCUT2D eigenvalue weighted by Gasteiger charge is 2.38. The maximum atomic E-state index is 13.9. The van der Waals surface area contributed by atoms with E-state index in [1.54, 1.807) is 18.2 Å². The molecule has 3 atom stereocenters. The lowest BCUT2D eigenvalue weighted by Gasteiger charge is -2.36. The van der Waals surface area contributed by atoms with Crippen molar-refractivity contribution >= 4 is 18.0 Å². The van der Waals surface area contributed by atoms with Gasteiger partial charge in [-0.1, -0.05) is 106 Å². The molecule has 8 nitrogen and oxygen atoms in total. The lowest BCUT2D eigenvalue weighted by atomic mass is 9.93. The number of hydrogen-bond acceptors (Lipinski definition) is 5. The molecule has 1 heterocycles. The maximum absolute atomic E-state index is 13.9. The molecule has 0 aromatic heterocycles. The second-order valence-corrected chi connectivity index (χ2v) is 13.4. The second-order valence-electron chi connectivity index (χ2n) is 13.4. The number of nitrogens with one attached hydrogen (secondary N) is 1. The molecule has 4 aromatic carbocycles. The lowest BCUT2D eigenvalue weighted by molar-refractivity contribution is -0.142. The van der Waals surface area contributed by atoms with Gasteiger partial charge in [0, 0.05) is 12.8 Å². The van der Waals surface area contributed by atoms with Crippen LogP contribution in [0.25, 0.3) is 11.1 Å². The molecule has 5 rings (SSSR count). The average molecular weight is 731 g/mol. The average Bonchev–Trinajstić information content (AvgIpc) is 3.16. The largest absolute Gasteiger partial charge is 0.489 e. The number of carbonyl (C=O) groups is 3. The lowest BCUT2D eigenvalue weighted by Crippen LogP contribution is -2.56. The molecule has 1 aliphatic rings. The minimum atomic E-state index is -4.43. The molecule has 2 amide bonds. The number of aliphatic carboxylic acids is 1. The number of carboxylic acids is 1. The Balaban J connectivity index is 1.31. The molecule has 0 aliphatic carbocycles. The molecule has 0 fully saturated rings. The number of ether oxygens (including phenoxy) is 2. The van der Waals surface area contributed by atoms with Crippen molar-refractivity contribution in [1.29, 1.82) is 0 Å². The minimum absolute atomic E-state index is 0.00811. The summed E-state index contributed by atoms with van der Waals surface area (Å²) in [4.78, 5) is 41.3. The molecule has 0 saturated carbocycles. The molecule has 1 unspecified atom stereocenters. The number of halogens is 3. The van der Waals surface area contributed by atoms with E-state index in [1.165, 1.54) is 17.0 Å². The Kier molecular flexibility index (Phi) is 13.2. The van der Waals surface area contributed by atoms with Gasteiger partial charge < -0.3 is 19.9 Å². The number of hydrogen-bond donors (Lipinski definition) is 2. The standard InChI is InChI=1S/C42H45F3N2O6/c1-3-5-9-28(4-2)26-53-41(51)47-25-34-23-36(52-27-30-14-19-35(20-15-30)42(43,44)45)21-18-33(34)24-38(47)39(48)46-37(40(49)50)22-29-12-16-32(17-13-29)31-10-7-6-8-11-31/h6-8,10-21,23,28,37-38H,3-5,9,22,24-27H2,1-2H3,(H,46,48)(H,49,50)/t28?,37-,38-/m0/s1. The molecular formula is C42H45F3N2O6. The quantitative estimate of drug-likeness (QED) is 0.127. The van der Waals surface area contributed by atoms with Gasteiger partial charge in [-0.3, -0.25) is 9.69 Å². The first-order valence-electron chi connectivity index (χ1n) is 18.0. The van der Waals surface area contributed by atoms with Gasteiger partial charge in [0.1, 0.15) is 24.4 Å². The van der Waals surface area contributed by atoms with E-state index in [-0.39, 0.29) is 38.5 Å². The van der Waals surface area contributed by atoms with E-state index in [4.69, 9.17) is 9.47 Å². The predicted molar refractivity (Wildman–Crippen MR) is 195 cm³/mol. The highest BCUT2D eigenvalue weighted by molar-refractivity contribution is 5.90. The van der Waals surface area contributed by atoms with Crippen molar-refractivity contribution < 1.29 is 42.1 Å². The summed E-state index contributed by atoms with van der Waals surface area (Å²) in [5.74, 6) is -1.21. The topological polar surface area (TPSA) is 105 Å². The third kappa shape index (κ3) is 10.6. The number of alkyl halides is 3. The van der Waals surface area contributed by atoms with Crippen LogP contribution in [0.2, 0.25) is 0 Å². The van der Waals surface area contributed by atoms with Crippen LogP contribution in [-0.4, -0.2) is 46.7 Å². The molecule has 4 aromatic rings. The Labute approximate surface area is 307 Å². The van der Waals surface area contributed by atoms with Crippen molar-refractivity contribution in [1.82, 2.24) is 10.2 Å². The fourth-order valence-electron chi connectivity index (χ4n) is 6.37. The summed E-state index contributed by atoms with van der Waals surface area (Å²) < 4.78 is 50.6. The fourth-order valence-corrected chi connectivity index (χ4v) is 6.37. The number of carboxylic acid groups (broad SMARTS) is 1. The van der Waals surface area contributed by atoms with Gasteiger partial charge in [0.2, 0.25) is 5.91 Å². The van der Waals surface area contributed by atoms with E-state index < -0.39 is 41.8 Å². The van der Waals surface area contributed by atoms with Crippen molar-refractivity contribution in [2.75, 3.05) is 6.61 Å². The van der Waals surface area contributed by atoms with E-state index in [2.05, 4.69) is 12.2 Å². The van der Waals surface area contributed by atoms with Gasteiger partial charge in [-0.25, -0.2) is 9.59 Å². The molecule has 280 valence electrons. The first-order valence-corrected chi connectivity index (χ1v) is 18.0. The van der Waals surface area contributed by atoms with Crippen LogP contribution in [-0.2, 0) is 46.5 Å². The Morgan fingerprint density at radius 1 is 0.887 bits per heavy atom. The molecule has 0 bridgehead atoms. The monoisotopic (exact) mass is 730 g/mol. The molecule has 11 heteroatoms. The number of carbonyl (C=O) groups excluding carboxylic acids is 2. The van der Waals surface area contributed by atoms with Crippen LogP contribution in [0.15, 0.2) is 97.1 Å². The van der Waals surface area contributed by atoms with Crippen molar-refractivity contribution in [3.8, 4) is 16.9 Å². The Morgan fingerprint density at radius 2 is 1.57 bits per heavy atom. The zero-order chi connectivity index (χ0) is 38.0. The summed E-state index contributed by atoms with van der Waals surface area (Å²) in [6.07, 6.45) is -1.22. The highest BCUT2D eigenvalue weighted by atomic mass is 19.4. The van der Waals surface area contributed by atoms with Gasteiger partial charge in [-0.15, -0.1) is 0 Å². The molecule has 0 saturated heterocycles. The highest BCUT2D eigenvalue weighted by Crippen LogP contribution is 2.31. The third-order valence-corrected chi connectivity index (χ3v) is 9.63. The predicted octanol–water partition coefficient (Wildman–Crippen LogP) is 8.84. The molecule has 0 radical (unpaired) electrons. The zero-order valence-electron chi connectivity index (χ0n) is 29.9. The van der Waals surface area contributed by atoms with E-state index in [0.29, 0.717) is 16.9 Å². The van der Waals surface area contributed by atoms with Crippen LogP contribution in [0.5, 0.6) is 5.75 Å². The molecule has 2 N–H and O–H groups in total. The molecular weight excluding hydrogens is 685 g/mol. The van der Waals surface area contributed by atoms with Gasteiger partial charge in [0.05, 0.1) is 18.7 Å². The summed E-state index contributed by atoms with van der Waals surface area (Å²) in [6, 6.07) is 24.9. The van der Waals surface area contributed by atoms with Gasteiger partial charge in [0.25, 0.3) is 0 Å². The van der Waals surface area contributed by atoms with E-state index >= 15 is 0 Å². The van der Waals surface area contributed by atoms with Crippen molar-refractivity contribution in [3.63, 3.8) is 0 Å². The van der Waals surface area contributed by atoms with Gasteiger partial charge in [-0.2, -0.15) is 13.2 Å². The summed E-state index contributed by atoms with van der Waals surface area (Å²) in [5, 5.41) is 12.8. The second kappa shape index (κ2) is 17.9. The van der Waals surface area contributed by atoms with Crippen LogP contribution in [0, 0.1) is 5.92 Å². The first kappa shape index (κ1) is 38.9. The summed E-state index contributed by atoms with van der Waals surface area (Å²) in [7, 11) is 0. The van der Waals surface area contributed by atoms with E-state index in [0.717, 1.165) is 60.1 Å². The van der Waals surface area contributed by atoms with Crippen LogP contribution >= 0.6 is 0 Å². The Morgan fingerprint density at radius 3 is 2.21 bits per heavy atom. The maximum Gasteiger partial charge on any atom is 0.416 e. The van der Waals surface area contributed by atoms with Gasteiger partial charge in [-0.05, 0) is 70.0 Å².